The van der Waals surface area contributed by atoms with E-state index in [9.17, 15) is 9.59 Å². The van der Waals surface area contributed by atoms with Crippen LogP contribution >= 0.6 is 0 Å². The van der Waals surface area contributed by atoms with Crippen molar-refractivity contribution in [1.29, 1.82) is 0 Å². The van der Waals surface area contributed by atoms with Crippen LogP contribution in [0, 0.1) is 0 Å². The number of hydrogen-bond acceptors (Lipinski definition) is 4. The van der Waals surface area contributed by atoms with Crippen LogP contribution in [0.3, 0.4) is 0 Å². The van der Waals surface area contributed by atoms with Crippen molar-refractivity contribution < 1.29 is 9.59 Å². The zero-order valence-electron chi connectivity index (χ0n) is 15.3. The zero-order chi connectivity index (χ0) is 17.8. The van der Waals surface area contributed by atoms with Gasteiger partial charge in [0.15, 0.2) is 5.82 Å². The summed E-state index contributed by atoms with van der Waals surface area (Å²) in [6, 6.07) is 0. The van der Waals surface area contributed by atoms with E-state index < -0.39 is 11.8 Å². The molecule has 1 rings (SSSR count). The lowest BCUT2D eigenvalue weighted by molar-refractivity contribution is -0.143. The number of nitrogens with one attached hydrogen (secondary N) is 1. The predicted octanol–water partition coefficient (Wildman–Crippen LogP) is 2.74. The van der Waals surface area contributed by atoms with Gasteiger partial charge >= 0.3 is 11.8 Å². The van der Waals surface area contributed by atoms with Crippen LogP contribution in [-0.2, 0) is 16.6 Å². The molecule has 0 atom stereocenters. The van der Waals surface area contributed by atoms with E-state index in [-0.39, 0.29) is 0 Å². The Morgan fingerprint density at radius 3 is 2.08 bits per heavy atom. The van der Waals surface area contributed by atoms with E-state index in [2.05, 4.69) is 29.5 Å². The summed E-state index contributed by atoms with van der Waals surface area (Å²) in [6.07, 6.45) is 10.2. The Morgan fingerprint density at radius 1 is 1.04 bits per heavy atom. The van der Waals surface area contributed by atoms with Crippen LogP contribution in [0.25, 0.3) is 0 Å². The normalized spacial score (nSPS) is 10.6. The van der Waals surface area contributed by atoms with E-state index in [1.54, 1.807) is 18.1 Å². The summed E-state index contributed by atoms with van der Waals surface area (Å²) in [5.41, 5.74) is 0. The van der Waals surface area contributed by atoms with Crippen molar-refractivity contribution in [2.45, 2.75) is 65.2 Å². The fourth-order valence-corrected chi connectivity index (χ4v) is 2.49. The smallest absolute Gasteiger partial charge is 0.315 e. The third-order valence-electron chi connectivity index (χ3n) is 3.89. The fraction of sp³-hybridized carbons (Fsp3) is 0.765. The molecule has 1 aromatic heterocycles. The quantitative estimate of drug-likeness (QED) is 0.497. The lowest BCUT2D eigenvalue weighted by atomic mass is 10.1. The number of unbranched alkanes of at least 4 members (excludes halogenated alkanes) is 6. The van der Waals surface area contributed by atoms with Crippen LogP contribution in [0.15, 0.2) is 6.20 Å². The van der Waals surface area contributed by atoms with Crippen molar-refractivity contribution in [2.75, 3.05) is 18.4 Å². The summed E-state index contributed by atoms with van der Waals surface area (Å²) in [5.74, 6) is -0.817. The largest absolute Gasteiger partial charge is 0.334 e. The number of aryl methyl sites for hydroxylation is 1. The van der Waals surface area contributed by atoms with Gasteiger partial charge in [-0.05, 0) is 12.8 Å². The number of aromatic nitrogens is 3. The number of anilines is 1. The predicted molar refractivity (Wildman–Crippen MR) is 94.5 cm³/mol. The van der Waals surface area contributed by atoms with Crippen molar-refractivity contribution in [3.63, 3.8) is 0 Å². The Balaban J connectivity index is 2.53. The minimum atomic E-state index is -0.638. The molecule has 2 amide bonds. The van der Waals surface area contributed by atoms with Gasteiger partial charge in [-0.15, -0.1) is 5.10 Å². The summed E-state index contributed by atoms with van der Waals surface area (Å²) in [7, 11) is 1.71. The average Bonchev–Trinajstić information content (AvgIpc) is 2.97. The molecule has 0 spiro atoms. The van der Waals surface area contributed by atoms with Crippen molar-refractivity contribution in [3.05, 3.63) is 6.20 Å². The first-order valence-electron chi connectivity index (χ1n) is 9.05. The molecular formula is C17H31N5O2. The summed E-state index contributed by atoms with van der Waals surface area (Å²) in [4.78, 5) is 26.3. The molecule has 1 aromatic rings. The van der Waals surface area contributed by atoms with Gasteiger partial charge in [-0.25, -0.2) is 0 Å². The molecule has 0 radical (unpaired) electrons. The van der Waals surface area contributed by atoms with Gasteiger partial charge in [0.25, 0.3) is 0 Å². The van der Waals surface area contributed by atoms with Crippen LogP contribution in [0.2, 0.25) is 0 Å². The van der Waals surface area contributed by atoms with E-state index in [4.69, 9.17) is 0 Å². The van der Waals surface area contributed by atoms with Crippen LogP contribution < -0.4 is 5.32 Å². The molecule has 24 heavy (non-hydrogen) atoms. The summed E-state index contributed by atoms with van der Waals surface area (Å²) in [5, 5.41) is 10.0. The van der Waals surface area contributed by atoms with Crippen LogP contribution in [0.5, 0.6) is 0 Å². The van der Waals surface area contributed by atoms with Crippen molar-refractivity contribution >= 4 is 17.6 Å². The first-order chi connectivity index (χ1) is 11.6. The Morgan fingerprint density at radius 2 is 1.62 bits per heavy atom. The highest BCUT2D eigenvalue weighted by molar-refractivity contribution is 6.39. The molecule has 1 N–H and O–H groups in total. The van der Waals surface area contributed by atoms with Gasteiger partial charge in [0.1, 0.15) is 0 Å². The Kier molecular flexibility index (Phi) is 9.72. The van der Waals surface area contributed by atoms with Crippen molar-refractivity contribution in [2.24, 2.45) is 7.05 Å². The van der Waals surface area contributed by atoms with E-state index in [1.807, 2.05) is 0 Å². The van der Waals surface area contributed by atoms with E-state index in [0.29, 0.717) is 18.9 Å². The molecule has 0 aliphatic carbocycles. The van der Waals surface area contributed by atoms with Crippen LogP contribution in [-0.4, -0.2) is 44.8 Å². The molecular weight excluding hydrogens is 306 g/mol. The number of amides is 2. The lowest BCUT2D eigenvalue weighted by Gasteiger charge is -2.22. The second-order valence-electron chi connectivity index (χ2n) is 6.15. The molecule has 0 aliphatic heterocycles. The first-order valence-corrected chi connectivity index (χ1v) is 9.05. The molecule has 0 aliphatic rings. The third kappa shape index (κ3) is 7.57. The minimum Gasteiger partial charge on any atom is -0.334 e. The van der Waals surface area contributed by atoms with Crippen molar-refractivity contribution in [3.8, 4) is 0 Å². The van der Waals surface area contributed by atoms with Gasteiger partial charge in [-0.3, -0.25) is 19.6 Å². The molecule has 0 fully saturated rings. The number of rotatable bonds is 11. The van der Waals surface area contributed by atoms with E-state index in [0.717, 1.165) is 51.4 Å². The Bertz CT molecular complexity index is 489. The van der Waals surface area contributed by atoms with Gasteiger partial charge in [-0.2, -0.15) is 0 Å². The molecule has 0 saturated heterocycles. The van der Waals surface area contributed by atoms with E-state index in [1.165, 1.54) is 4.68 Å². The van der Waals surface area contributed by atoms with Crippen LogP contribution in [0.1, 0.15) is 65.2 Å². The maximum absolute atomic E-state index is 12.4. The second-order valence-corrected chi connectivity index (χ2v) is 6.15. The SMILES string of the molecule is CCCCCCN(CCCCCC)C(=O)C(=O)Nc1cn(C)nn1. The topological polar surface area (TPSA) is 80.1 Å². The molecule has 7 heteroatoms. The number of nitrogens with zero attached hydrogens (tertiary/aromatic N) is 4. The molecule has 0 bridgehead atoms. The maximum Gasteiger partial charge on any atom is 0.315 e. The molecule has 0 saturated carbocycles. The second kappa shape index (κ2) is 11.6. The van der Waals surface area contributed by atoms with Gasteiger partial charge in [0.05, 0.1) is 6.20 Å². The summed E-state index contributed by atoms with van der Waals surface area (Å²) >= 11 is 0. The lowest BCUT2D eigenvalue weighted by Crippen LogP contribution is -2.41. The Hall–Kier alpha value is -1.92. The minimum absolute atomic E-state index is 0.299. The van der Waals surface area contributed by atoms with Gasteiger partial charge in [0.2, 0.25) is 0 Å². The maximum atomic E-state index is 12.4. The number of hydrogen-bond donors (Lipinski definition) is 1. The molecule has 136 valence electrons. The monoisotopic (exact) mass is 337 g/mol. The molecule has 1 heterocycles. The molecule has 0 aromatic carbocycles. The van der Waals surface area contributed by atoms with Crippen LogP contribution in [0.4, 0.5) is 5.82 Å². The molecule has 0 unspecified atom stereocenters. The van der Waals surface area contributed by atoms with Crippen molar-refractivity contribution in [1.82, 2.24) is 19.9 Å². The van der Waals surface area contributed by atoms with Gasteiger partial charge < -0.3 is 4.90 Å². The number of carbonyl (C=O) groups excluding carboxylic acids is 2. The molecule has 7 nitrogen and oxygen atoms in total. The standard InChI is InChI=1S/C17H31N5O2/c1-4-6-8-10-12-22(13-11-9-7-5-2)17(24)16(23)18-15-14-21(3)20-19-15/h14H,4-13H2,1-3H3,(H,18,23). The first kappa shape index (κ1) is 20.1. The summed E-state index contributed by atoms with van der Waals surface area (Å²) < 4.78 is 1.48. The van der Waals surface area contributed by atoms with Gasteiger partial charge in [0, 0.05) is 20.1 Å². The highest BCUT2D eigenvalue weighted by Crippen LogP contribution is 2.07. The van der Waals surface area contributed by atoms with Gasteiger partial charge in [-0.1, -0.05) is 57.6 Å². The third-order valence-corrected chi connectivity index (χ3v) is 3.89. The Labute approximate surface area is 144 Å². The zero-order valence-corrected chi connectivity index (χ0v) is 15.3. The fourth-order valence-electron chi connectivity index (χ4n) is 2.49. The average molecular weight is 337 g/mol. The summed E-state index contributed by atoms with van der Waals surface area (Å²) in [6.45, 7) is 5.59. The van der Waals surface area contributed by atoms with E-state index >= 15 is 0 Å². The highest BCUT2D eigenvalue weighted by atomic mass is 16.2. The highest BCUT2D eigenvalue weighted by Gasteiger charge is 2.22. The number of carbonyl (C=O) groups is 2.